The monoisotopic (exact) mass is 387 g/mol. The van der Waals surface area contributed by atoms with Gasteiger partial charge in [0.1, 0.15) is 11.4 Å². The third-order valence-corrected chi connectivity index (χ3v) is 6.08. The molecule has 3 aliphatic rings. The van der Waals surface area contributed by atoms with Crippen LogP contribution in [0, 0.1) is 11.6 Å². The summed E-state index contributed by atoms with van der Waals surface area (Å²) in [6, 6.07) is 0.840. The molecule has 6 nitrogen and oxygen atoms in total. The molecule has 0 radical (unpaired) electrons. The molecule has 2 aliphatic carbocycles. The van der Waals surface area contributed by atoms with Crippen LogP contribution in [0.1, 0.15) is 42.1 Å². The average molecular weight is 387 g/mol. The Morgan fingerprint density at radius 2 is 1.96 bits per heavy atom. The van der Waals surface area contributed by atoms with Crippen molar-refractivity contribution in [3.63, 3.8) is 0 Å². The van der Waals surface area contributed by atoms with E-state index in [1.54, 1.807) is 4.90 Å². The summed E-state index contributed by atoms with van der Waals surface area (Å²) in [4.78, 5) is 25.7. The molecule has 28 heavy (non-hydrogen) atoms. The molecule has 0 saturated heterocycles. The van der Waals surface area contributed by atoms with Crippen molar-refractivity contribution < 1.29 is 18.7 Å². The lowest BCUT2D eigenvalue weighted by atomic mass is 10.1. The minimum absolute atomic E-state index is 0.0452. The minimum atomic E-state index is -1.45. The Morgan fingerprint density at radius 1 is 1.21 bits per heavy atom. The van der Waals surface area contributed by atoms with Crippen LogP contribution in [-0.4, -0.2) is 34.8 Å². The second kappa shape index (κ2) is 5.88. The van der Waals surface area contributed by atoms with Crippen molar-refractivity contribution in [1.29, 1.82) is 0 Å². The van der Waals surface area contributed by atoms with Crippen LogP contribution in [0.5, 0.6) is 0 Å². The van der Waals surface area contributed by atoms with Crippen LogP contribution in [0.3, 0.4) is 0 Å². The molecule has 0 spiro atoms. The van der Waals surface area contributed by atoms with Crippen LogP contribution in [-0.2, 0) is 0 Å². The third kappa shape index (κ3) is 2.40. The number of nitrogens with zero attached hydrogens (tertiary/aromatic N) is 2. The van der Waals surface area contributed by atoms with Crippen molar-refractivity contribution in [2.45, 2.75) is 37.8 Å². The van der Waals surface area contributed by atoms with Gasteiger partial charge in [-0.2, -0.15) is 0 Å². The summed E-state index contributed by atoms with van der Waals surface area (Å²) < 4.78 is 32.0. The summed E-state index contributed by atoms with van der Waals surface area (Å²) in [5.74, 6) is -3.03. The first-order valence-electron chi connectivity index (χ1n) is 9.38. The molecule has 1 saturated carbocycles. The quantitative estimate of drug-likeness (QED) is 0.791. The van der Waals surface area contributed by atoms with E-state index in [1.165, 1.54) is 10.1 Å². The van der Waals surface area contributed by atoms with E-state index < -0.39 is 34.0 Å². The first-order valence-corrected chi connectivity index (χ1v) is 9.38. The first-order chi connectivity index (χ1) is 13.4. The van der Waals surface area contributed by atoms with Crippen LogP contribution in [0.2, 0.25) is 0 Å². The number of halogens is 2. The van der Waals surface area contributed by atoms with Crippen LogP contribution in [0.15, 0.2) is 28.2 Å². The average Bonchev–Trinajstić information content (AvgIpc) is 3.31. The second-order valence-electron chi connectivity index (χ2n) is 7.86. The molecule has 0 bridgehead atoms. The number of carboxylic acid groups (broad SMARTS) is 1. The highest BCUT2D eigenvalue weighted by molar-refractivity contribution is 5.94. The number of aromatic nitrogens is 1. The lowest BCUT2D eigenvalue weighted by Crippen LogP contribution is -2.29. The second-order valence-corrected chi connectivity index (χ2v) is 7.86. The Morgan fingerprint density at radius 3 is 2.61 bits per heavy atom. The highest BCUT2D eigenvalue weighted by Crippen LogP contribution is 2.41. The molecule has 5 rings (SSSR count). The molecule has 8 heteroatoms. The number of benzene rings is 1. The largest absolute Gasteiger partial charge is 0.477 e. The van der Waals surface area contributed by atoms with Crippen molar-refractivity contribution in [2.24, 2.45) is 5.73 Å². The number of nitrogens with two attached hydrogens (primary N) is 1. The van der Waals surface area contributed by atoms with Gasteiger partial charge in [-0.1, -0.05) is 0 Å². The maximum Gasteiger partial charge on any atom is 0.341 e. The molecular weight excluding hydrogens is 368 g/mol. The van der Waals surface area contributed by atoms with Gasteiger partial charge in [-0.15, -0.1) is 0 Å². The normalized spacial score (nSPS) is 21.7. The van der Waals surface area contributed by atoms with Gasteiger partial charge in [-0.05, 0) is 36.8 Å². The Bertz CT molecular complexity index is 1130. The molecule has 3 N–H and O–H groups in total. The fourth-order valence-corrected chi connectivity index (χ4v) is 4.48. The van der Waals surface area contributed by atoms with Crippen molar-refractivity contribution in [1.82, 2.24) is 4.57 Å². The van der Waals surface area contributed by atoms with E-state index in [9.17, 15) is 19.1 Å². The fourth-order valence-electron chi connectivity index (χ4n) is 4.48. The van der Waals surface area contributed by atoms with Crippen LogP contribution >= 0.6 is 0 Å². The van der Waals surface area contributed by atoms with E-state index in [1.807, 2.05) is 0 Å². The summed E-state index contributed by atoms with van der Waals surface area (Å²) in [6.45, 7) is 0.936. The van der Waals surface area contributed by atoms with E-state index in [0.29, 0.717) is 13.1 Å². The molecule has 1 aromatic heterocycles. The predicted octanol–water partition coefficient (Wildman–Crippen LogP) is 2.55. The van der Waals surface area contributed by atoms with Crippen LogP contribution in [0.25, 0.3) is 10.9 Å². The Kier molecular flexibility index (Phi) is 3.64. The van der Waals surface area contributed by atoms with Gasteiger partial charge in [0, 0.05) is 37.4 Å². The van der Waals surface area contributed by atoms with Crippen LogP contribution in [0.4, 0.5) is 14.5 Å². The minimum Gasteiger partial charge on any atom is -0.477 e. The predicted molar refractivity (Wildman–Crippen MR) is 99.8 cm³/mol. The van der Waals surface area contributed by atoms with Gasteiger partial charge in [0.2, 0.25) is 5.43 Å². The summed E-state index contributed by atoms with van der Waals surface area (Å²) in [5.41, 5.74) is 6.76. The van der Waals surface area contributed by atoms with E-state index in [4.69, 9.17) is 5.73 Å². The van der Waals surface area contributed by atoms with Gasteiger partial charge >= 0.3 is 5.97 Å². The molecule has 2 heterocycles. The van der Waals surface area contributed by atoms with Gasteiger partial charge in [0.25, 0.3) is 0 Å². The molecular formula is C20H19F2N3O3. The number of rotatable bonds is 3. The maximum atomic E-state index is 15.6. The highest BCUT2D eigenvalue weighted by Gasteiger charge is 2.34. The lowest BCUT2D eigenvalue weighted by Gasteiger charge is -2.24. The van der Waals surface area contributed by atoms with E-state index in [-0.39, 0.29) is 23.3 Å². The lowest BCUT2D eigenvalue weighted by molar-refractivity contribution is 0.0695. The molecule has 1 atom stereocenters. The zero-order chi connectivity index (χ0) is 19.7. The molecule has 1 fully saturated rings. The Balaban J connectivity index is 1.71. The number of carbonyl (C=O) groups is 1. The fraction of sp³-hybridized carbons (Fsp3) is 0.400. The number of anilines is 1. The van der Waals surface area contributed by atoms with Gasteiger partial charge < -0.3 is 20.3 Å². The number of hydrogen-bond donors (Lipinski definition) is 2. The number of hydrogen-bond acceptors (Lipinski definition) is 4. The zero-order valence-corrected chi connectivity index (χ0v) is 15.0. The number of aromatic carboxylic acids is 1. The summed E-state index contributed by atoms with van der Waals surface area (Å²) in [7, 11) is 0. The Labute approximate surface area is 158 Å². The number of pyridine rings is 1. The molecule has 2 aromatic rings. The van der Waals surface area contributed by atoms with E-state index in [0.717, 1.165) is 43.5 Å². The van der Waals surface area contributed by atoms with Gasteiger partial charge in [0.15, 0.2) is 5.82 Å². The van der Waals surface area contributed by atoms with Crippen molar-refractivity contribution in [2.75, 3.05) is 18.0 Å². The highest BCUT2D eigenvalue weighted by atomic mass is 19.1. The number of fused-ring (bicyclic) bond motifs is 1. The van der Waals surface area contributed by atoms with Gasteiger partial charge in [-0.25, -0.2) is 13.6 Å². The van der Waals surface area contributed by atoms with Gasteiger partial charge in [0.05, 0.1) is 16.6 Å². The molecule has 1 aliphatic heterocycles. The zero-order valence-electron chi connectivity index (χ0n) is 15.0. The first kappa shape index (κ1) is 17.4. The number of carboxylic acids is 1. The standard InChI is InChI=1S/C20H19F2N3O3/c21-13-5-15(24-6-9-1-4-14(23)11(9)7-24)17(22)18-16(13)19(26)12(20(27)28)8-25(18)10-2-3-10/h5,8,10,14H,1-4,6-7,23H2,(H,27,28). The summed E-state index contributed by atoms with van der Waals surface area (Å²) in [5, 5.41) is 8.80. The SMILES string of the molecule is NC1CCC2=C1CN(c1cc(F)c3c(=O)c(C(=O)O)cn(C4CC4)c3c1F)C2. The molecule has 1 unspecified atom stereocenters. The van der Waals surface area contributed by atoms with Crippen molar-refractivity contribution in [3.8, 4) is 0 Å². The smallest absolute Gasteiger partial charge is 0.341 e. The van der Waals surface area contributed by atoms with Gasteiger partial charge in [-0.3, -0.25) is 4.79 Å². The van der Waals surface area contributed by atoms with Crippen LogP contribution < -0.4 is 16.1 Å². The summed E-state index contributed by atoms with van der Waals surface area (Å²) >= 11 is 0. The van der Waals surface area contributed by atoms with Crippen molar-refractivity contribution >= 4 is 22.6 Å². The molecule has 0 amide bonds. The van der Waals surface area contributed by atoms with E-state index in [2.05, 4.69) is 0 Å². The van der Waals surface area contributed by atoms with Crippen molar-refractivity contribution in [3.05, 3.63) is 50.8 Å². The molecule has 1 aromatic carbocycles. The summed E-state index contributed by atoms with van der Waals surface area (Å²) in [6.07, 6.45) is 4.36. The Hall–Kier alpha value is -2.74. The maximum absolute atomic E-state index is 15.6. The van der Waals surface area contributed by atoms with E-state index >= 15 is 4.39 Å². The topological polar surface area (TPSA) is 88.6 Å². The third-order valence-electron chi connectivity index (χ3n) is 6.08. The molecule has 146 valence electrons.